The molecule has 4 nitrogen and oxygen atoms in total. The smallest absolute Gasteiger partial charge is 0.339 e. The van der Waals surface area contributed by atoms with Crippen LogP contribution in [-0.2, 0) is 4.74 Å². The van der Waals surface area contributed by atoms with Crippen LogP contribution in [0.1, 0.15) is 10.4 Å². The second-order valence-electron chi connectivity index (χ2n) is 4.40. The number of aromatic nitrogens is 2. The van der Waals surface area contributed by atoms with Crippen molar-refractivity contribution in [1.82, 2.24) is 9.38 Å². The zero-order chi connectivity index (χ0) is 15.0. The van der Waals surface area contributed by atoms with Gasteiger partial charge in [-0.3, -0.25) is 4.40 Å². The molecule has 0 spiro atoms. The zero-order valence-electron chi connectivity index (χ0n) is 11.0. The van der Waals surface area contributed by atoms with Crippen LogP contribution in [0.3, 0.4) is 0 Å². The van der Waals surface area contributed by atoms with Crippen molar-refractivity contribution in [1.29, 1.82) is 0 Å². The molecule has 21 heavy (non-hydrogen) atoms. The van der Waals surface area contributed by atoms with Gasteiger partial charge in [0.2, 0.25) is 0 Å². The molecule has 1 aromatic carbocycles. The first-order valence-corrected chi connectivity index (χ1v) is 6.50. The van der Waals surface area contributed by atoms with Crippen LogP contribution < -0.4 is 0 Å². The predicted molar refractivity (Wildman–Crippen MR) is 76.9 cm³/mol. The Bertz CT molecular complexity index is 828. The molecule has 6 heteroatoms. The Morgan fingerprint density at radius 2 is 1.95 bits per heavy atom. The van der Waals surface area contributed by atoms with E-state index in [1.54, 1.807) is 34.9 Å². The van der Waals surface area contributed by atoms with Crippen molar-refractivity contribution < 1.29 is 13.9 Å². The third-order valence-corrected chi connectivity index (χ3v) is 3.39. The number of halogens is 2. The Morgan fingerprint density at radius 3 is 2.62 bits per heavy atom. The second-order valence-corrected chi connectivity index (χ2v) is 4.76. The van der Waals surface area contributed by atoms with E-state index in [1.807, 2.05) is 0 Å². The van der Waals surface area contributed by atoms with E-state index < -0.39 is 5.97 Å². The first-order valence-electron chi connectivity index (χ1n) is 6.12. The molecule has 0 amide bonds. The van der Waals surface area contributed by atoms with Gasteiger partial charge in [-0.25, -0.2) is 14.2 Å². The van der Waals surface area contributed by atoms with Crippen molar-refractivity contribution in [3.8, 4) is 11.4 Å². The quantitative estimate of drug-likeness (QED) is 0.680. The standard InChI is InChI=1S/C15H10ClFN2O2/c1-21-15(20)10-4-7-12-13(16)18-14(19(12)8-10)9-2-5-11(17)6-3-9/h2-8H,1H3. The van der Waals surface area contributed by atoms with Crippen LogP contribution in [-0.4, -0.2) is 22.5 Å². The minimum atomic E-state index is -0.452. The Labute approximate surface area is 124 Å². The number of rotatable bonds is 2. The number of nitrogens with zero attached hydrogens (tertiary/aromatic N) is 2. The molecule has 0 aliphatic rings. The van der Waals surface area contributed by atoms with E-state index in [4.69, 9.17) is 16.3 Å². The molecule has 0 N–H and O–H groups in total. The van der Waals surface area contributed by atoms with Crippen molar-refractivity contribution in [2.45, 2.75) is 0 Å². The number of imidazole rings is 1. The van der Waals surface area contributed by atoms with Gasteiger partial charge in [0.05, 0.1) is 18.2 Å². The number of hydrogen-bond donors (Lipinski definition) is 0. The number of fused-ring (bicyclic) bond motifs is 1. The maximum absolute atomic E-state index is 13.0. The fraction of sp³-hybridized carbons (Fsp3) is 0.0667. The predicted octanol–water partition coefficient (Wildman–Crippen LogP) is 3.58. The molecule has 106 valence electrons. The lowest BCUT2D eigenvalue weighted by atomic mass is 10.2. The number of hydrogen-bond acceptors (Lipinski definition) is 3. The summed E-state index contributed by atoms with van der Waals surface area (Å²) in [5.41, 5.74) is 1.73. The van der Waals surface area contributed by atoms with E-state index in [0.717, 1.165) is 0 Å². The SMILES string of the molecule is COC(=O)c1ccc2c(Cl)nc(-c3ccc(F)cc3)n2c1. The first kappa shape index (κ1) is 13.6. The lowest BCUT2D eigenvalue weighted by molar-refractivity contribution is 0.0600. The highest BCUT2D eigenvalue weighted by molar-refractivity contribution is 6.33. The molecule has 0 fully saturated rings. The maximum atomic E-state index is 13.0. The van der Waals surface area contributed by atoms with Gasteiger partial charge in [0.1, 0.15) is 11.6 Å². The van der Waals surface area contributed by atoms with E-state index in [0.29, 0.717) is 27.6 Å². The van der Waals surface area contributed by atoms with Crippen LogP contribution in [0.4, 0.5) is 4.39 Å². The van der Waals surface area contributed by atoms with E-state index in [-0.39, 0.29) is 5.82 Å². The Balaban J connectivity index is 2.22. The van der Waals surface area contributed by atoms with Gasteiger partial charge in [-0.05, 0) is 36.4 Å². The van der Waals surface area contributed by atoms with Crippen LogP contribution >= 0.6 is 11.6 Å². The van der Waals surface area contributed by atoms with Crippen molar-refractivity contribution in [2.75, 3.05) is 7.11 Å². The first-order chi connectivity index (χ1) is 10.1. The molecule has 3 aromatic rings. The van der Waals surface area contributed by atoms with Crippen LogP contribution in [0.2, 0.25) is 5.15 Å². The molecule has 0 aliphatic carbocycles. The summed E-state index contributed by atoms with van der Waals surface area (Å²) in [6.07, 6.45) is 1.60. The summed E-state index contributed by atoms with van der Waals surface area (Å²) >= 11 is 6.10. The summed E-state index contributed by atoms with van der Waals surface area (Å²) in [7, 11) is 1.31. The largest absolute Gasteiger partial charge is 0.465 e. The van der Waals surface area contributed by atoms with Crippen LogP contribution in [0.15, 0.2) is 42.6 Å². The molecule has 0 atom stereocenters. The third-order valence-electron chi connectivity index (χ3n) is 3.12. The van der Waals surface area contributed by atoms with Gasteiger partial charge in [-0.15, -0.1) is 0 Å². The minimum absolute atomic E-state index is 0.311. The number of pyridine rings is 1. The monoisotopic (exact) mass is 304 g/mol. The molecule has 3 rings (SSSR count). The Kier molecular flexibility index (Phi) is 3.35. The summed E-state index contributed by atoms with van der Waals surface area (Å²) in [6.45, 7) is 0. The molecule has 2 aromatic heterocycles. The molecule has 0 saturated carbocycles. The second kappa shape index (κ2) is 5.18. The molecule has 0 unspecified atom stereocenters. The number of carbonyl (C=O) groups excluding carboxylic acids is 1. The fourth-order valence-corrected chi connectivity index (χ4v) is 2.32. The highest BCUT2D eigenvalue weighted by atomic mass is 35.5. The molecule has 0 bridgehead atoms. The maximum Gasteiger partial charge on any atom is 0.339 e. The fourth-order valence-electron chi connectivity index (χ4n) is 2.09. The number of methoxy groups -OCH3 is 1. The molecular weight excluding hydrogens is 295 g/mol. The van der Waals surface area contributed by atoms with E-state index in [9.17, 15) is 9.18 Å². The van der Waals surface area contributed by atoms with Gasteiger partial charge in [-0.1, -0.05) is 11.6 Å². The number of ether oxygens (including phenoxy) is 1. The van der Waals surface area contributed by atoms with E-state index in [2.05, 4.69) is 4.98 Å². The lowest BCUT2D eigenvalue weighted by Gasteiger charge is -2.04. The number of esters is 1. The third kappa shape index (κ3) is 2.36. The summed E-state index contributed by atoms with van der Waals surface area (Å²) in [5.74, 6) is -0.256. The van der Waals surface area contributed by atoms with E-state index >= 15 is 0 Å². The summed E-state index contributed by atoms with van der Waals surface area (Å²) in [5, 5.41) is 0.311. The minimum Gasteiger partial charge on any atom is -0.465 e. The highest BCUT2D eigenvalue weighted by Gasteiger charge is 2.14. The molecule has 2 heterocycles. The van der Waals surface area contributed by atoms with Crippen molar-refractivity contribution in [2.24, 2.45) is 0 Å². The Hall–Kier alpha value is -2.40. The summed E-state index contributed by atoms with van der Waals surface area (Å²) in [4.78, 5) is 15.9. The molecule has 0 saturated heterocycles. The summed E-state index contributed by atoms with van der Waals surface area (Å²) < 4.78 is 19.4. The van der Waals surface area contributed by atoms with E-state index in [1.165, 1.54) is 19.2 Å². The zero-order valence-corrected chi connectivity index (χ0v) is 11.8. The highest BCUT2D eigenvalue weighted by Crippen LogP contribution is 2.26. The normalized spacial score (nSPS) is 10.8. The van der Waals surface area contributed by atoms with Gasteiger partial charge in [0.15, 0.2) is 5.15 Å². The molecular formula is C15H10ClFN2O2. The van der Waals surface area contributed by atoms with Gasteiger partial charge in [-0.2, -0.15) is 0 Å². The Morgan fingerprint density at radius 1 is 1.24 bits per heavy atom. The summed E-state index contributed by atoms with van der Waals surface area (Å²) in [6, 6.07) is 9.19. The topological polar surface area (TPSA) is 43.6 Å². The van der Waals surface area contributed by atoms with Gasteiger partial charge in [0, 0.05) is 11.8 Å². The van der Waals surface area contributed by atoms with Crippen LogP contribution in [0.5, 0.6) is 0 Å². The van der Waals surface area contributed by atoms with Gasteiger partial charge in [0.25, 0.3) is 0 Å². The van der Waals surface area contributed by atoms with Crippen molar-refractivity contribution in [3.63, 3.8) is 0 Å². The number of benzene rings is 1. The lowest BCUT2D eigenvalue weighted by Crippen LogP contribution is -2.03. The van der Waals surface area contributed by atoms with Gasteiger partial charge >= 0.3 is 5.97 Å². The molecule has 0 radical (unpaired) electrons. The average Bonchev–Trinajstić information content (AvgIpc) is 2.84. The van der Waals surface area contributed by atoms with Crippen molar-refractivity contribution >= 4 is 23.1 Å². The average molecular weight is 305 g/mol. The van der Waals surface area contributed by atoms with Gasteiger partial charge < -0.3 is 4.74 Å². The number of carbonyl (C=O) groups is 1. The van der Waals surface area contributed by atoms with Crippen LogP contribution in [0, 0.1) is 5.82 Å². The van der Waals surface area contributed by atoms with Crippen LogP contribution in [0.25, 0.3) is 16.9 Å². The van der Waals surface area contributed by atoms with Crippen molar-refractivity contribution in [3.05, 3.63) is 59.1 Å². The molecule has 0 aliphatic heterocycles.